The Balaban J connectivity index is 1.13. The minimum absolute atomic E-state index is 0.0740. The van der Waals surface area contributed by atoms with Crippen molar-refractivity contribution in [2.24, 2.45) is 11.8 Å². The van der Waals surface area contributed by atoms with Crippen LogP contribution in [0.3, 0.4) is 0 Å². The van der Waals surface area contributed by atoms with Crippen molar-refractivity contribution in [1.29, 1.82) is 5.26 Å². The van der Waals surface area contributed by atoms with Crippen molar-refractivity contribution in [1.82, 2.24) is 40.4 Å². The SMILES string of the molecule is N#Cc1ccc(C(=O)/C=C2\NC(Cc3ccncc3)(Cc3ccncc3)C(=O)N2C2C3CN(c4nnnn4-c4ccccc4)CC32)cc1. The molecule has 3 aliphatic rings. The lowest BCUT2D eigenvalue weighted by atomic mass is 9.85. The Morgan fingerprint density at radius 3 is 2.12 bits per heavy atom. The molecule has 1 N–H and O–H groups in total. The van der Waals surface area contributed by atoms with Gasteiger partial charge in [-0.1, -0.05) is 23.3 Å². The summed E-state index contributed by atoms with van der Waals surface area (Å²) >= 11 is 0. The van der Waals surface area contributed by atoms with Crippen molar-refractivity contribution in [2.45, 2.75) is 24.4 Å². The fraction of sp³-hybridized carbons (Fsp3) is 0.222. The maximum absolute atomic E-state index is 14.9. The monoisotopic (exact) mass is 634 g/mol. The summed E-state index contributed by atoms with van der Waals surface area (Å²) in [6, 6.07) is 25.9. The molecule has 12 nitrogen and oxygen atoms in total. The van der Waals surface area contributed by atoms with Crippen molar-refractivity contribution >= 4 is 17.6 Å². The molecule has 2 aromatic carbocycles. The molecular formula is C36H30N10O2. The van der Waals surface area contributed by atoms with E-state index in [4.69, 9.17) is 0 Å². The van der Waals surface area contributed by atoms with Gasteiger partial charge in [0.15, 0.2) is 5.78 Å². The Morgan fingerprint density at radius 1 is 0.896 bits per heavy atom. The first-order chi connectivity index (χ1) is 23.5. The molecule has 3 fully saturated rings. The van der Waals surface area contributed by atoms with E-state index in [9.17, 15) is 14.9 Å². The first-order valence-electron chi connectivity index (χ1n) is 15.8. The number of amides is 1. The topological polar surface area (TPSA) is 146 Å². The highest BCUT2D eigenvalue weighted by Gasteiger charge is 2.65. The Morgan fingerprint density at radius 2 is 1.52 bits per heavy atom. The largest absolute Gasteiger partial charge is 0.357 e. The quantitative estimate of drug-likeness (QED) is 0.190. The van der Waals surface area contributed by atoms with Crippen LogP contribution in [0.2, 0.25) is 0 Å². The molecule has 0 spiro atoms. The number of carbonyl (C=O) groups excluding carboxylic acids is 2. The second kappa shape index (κ2) is 11.9. The van der Waals surface area contributed by atoms with E-state index in [1.54, 1.807) is 53.7 Å². The molecule has 2 saturated heterocycles. The van der Waals surface area contributed by atoms with Gasteiger partial charge in [-0.2, -0.15) is 9.94 Å². The summed E-state index contributed by atoms with van der Waals surface area (Å²) < 4.78 is 1.73. The number of anilines is 1. The minimum Gasteiger partial charge on any atom is -0.357 e. The lowest BCUT2D eigenvalue weighted by Crippen LogP contribution is -2.51. The van der Waals surface area contributed by atoms with Crippen LogP contribution in [0.25, 0.3) is 5.69 Å². The fourth-order valence-corrected chi connectivity index (χ4v) is 7.17. The van der Waals surface area contributed by atoms with Crippen LogP contribution in [0.1, 0.15) is 27.0 Å². The molecule has 2 aliphatic heterocycles. The number of ketones is 1. The van der Waals surface area contributed by atoms with Gasteiger partial charge in [-0.05, 0) is 82.2 Å². The van der Waals surface area contributed by atoms with E-state index in [2.05, 4.69) is 41.8 Å². The van der Waals surface area contributed by atoms with Crippen LogP contribution >= 0.6 is 0 Å². The molecule has 3 aromatic heterocycles. The van der Waals surface area contributed by atoms with Gasteiger partial charge in [-0.15, -0.1) is 0 Å². The standard InChI is InChI=1S/C36H30N10O2/c37-21-26-6-8-27(9-7-26)31(47)18-32-40-36(19-24-10-14-38-15-11-24,20-25-12-16-39-17-13-25)34(48)45(32)33-29-22-44(23-30(29)33)35-41-42-43-46(35)28-4-2-1-3-5-28/h1-18,29-30,33,40H,19-20,22-23H2/b32-18+. The molecule has 48 heavy (non-hydrogen) atoms. The molecule has 2 unspecified atom stereocenters. The van der Waals surface area contributed by atoms with Crippen molar-refractivity contribution in [3.8, 4) is 11.8 Å². The molecule has 12 heteroatoms. The molecule has 8 rings (SSSR count). The lowest BCUT2D eigenvalue weighted by molar-refractivity contribution is -0.132. The number of tetrazole rings is 1. The highest BCUT2D eigenvalue weighted by atomic mass is 16.2. The van der Waals surface area contributed by atoms with Gasteiger partial charge >= 0.3 is 0 Å². The highest BCUT2D eigenvalue weighted by molar-refractivity contribution is 6.06. The molecule has 0 radical (unpaired) electrons. The number of nitriles is 1. The van der Waals surface area contributed by atoms with Gasteiger partial charge in [0, 0.05) is 80.2 Å². The van der Waals surface area contributed by atoms with Crippen LogP contribution in [0, 0.1) is 23.2 Å². The van der Waals surface area contributed by atoms with Crippen LogP contribution in [0.4, 0.5) is 5.95 Å². The maximum atomic E-state index is 14.9. The van der Waals surface area contributed by atoms with Gasteiger partial charge in [0.1, 0.15) is 11.4 Å². The second-order valence-corrected chi connectivity index (χ2v) is 12.5. The van der Waals surface area contributed by atoms with Gasteiger partial charge < -0.3 is 10.2 Å². The van der Waals surface area contributed by atoms with E-state index in [-0.39, 0.29) is 29.6 Å². The Labute approximate surface area is 276 Å². The predicted octanol–water partition coefficient (Wildman–Crippen LogP) is 3.14. The van der Waals surface area contributed by atoms with Crippen molar-refractivity contribution < 1.29 is 9.59 Å². The summed E-state index contributed by atoms with van der Waals surface area (Å²) in [6.45, 7) is 1.34. The molecule has 1 saturated carbocycles. The van der Waals surface area contributed by atoms with Crippen LogP contribution in [-0.2, 0) is 17.6 Å². The molecule has 2 atom stereocenters. The average molecular weight is 635 g/mol. The Hall–Kier alpha value is -6.22. The third-order valence-electron chi connectivity index (χ3n) is 9.52. The number of pyridine rings is 2. The number of hydrogen-bond donors (Lipinski definition) is 1. The van der Waals surface area contributed by atoms with Crippen molar-refractivity contribution in [3.63, 3.8) is 0 Å². The number of rotatable bonds is 9. The molecule has 0 bridgehead atoms. The smallest absolute Gasteiger partial charge is 0.254 e. The summed E-state index contributed by atoms with van der Waals surface area (Å²) in [5, 5.41) is 25.3. The zero-order valence-corrected chi connectivity index (χ0v) is 25.8. The average Bonchev–Trinajstić information content (AvgIpc) is 3.48. The summed E-state index contributed by atoms with van der Waals surface area (Å²) in [5.41, 5.74) is 2.64. The Kier molecular flexibility index (Phi) is 7.21. The number of hydrogen-bond acceptors (Lipinski definition) is 10. The second-order valence-electron chi connectivity index (χ2n) is 12.5. The molecule has 1 aliphatic carbocycles. The van der Waals surface area contributed by atoms with Gasteiger partial charge in [-0.3, -0.25) is 24.5 Å². The van der Waals surface area contributed by atoms with Crippen molar-refractivity contribution in [2.75, 3.05) is 18.0 Å². The number of carbonyl (C=O) groups is 2. The van der Waals surface area contributed by atoms with E-state index in [1.165, 1.54) is 6.08 Å². The third kappa shape index (κ3) is 5.25. The lowest BCUT2D eigenvalue weighted by Gasteiger charge is -2.28. The number of nitrogens with one attached hydrogen (secondary N) is 1. The predicted molar refractivity (Wildman–Crippen MR) is 174 cm³/mol. The third-order valence-corrected chi connectivity index (χ3v) is 9.52. The number of piperidine rings is 1. The zero-order valence-electron chi connectivity index (χ0n) is 25.8. The number of para-hydroxylation sites is 1. The minimum atomic E-state index is -1.05. The highest BCUT2D eigenvalue weighted by Crippen LogP contribution is 2.52. The fourth-order valence-electron chi connectivity index (χ4n) is 7.17. The van der Waals surface area contributed by atoms with Gasteiger partial charge in [0.05, 0.1) is 17.3 Å². The van der Waals surface area contributed by atoms with Crippen LogP contribution in [0.5, 0.6) is 0 Å². The number of benzene rings is 2. The van der Waals surface area contributed by atoms with Crippen LogP contribution in [-0.4, -0.2) is 71.4 Å². The van der Waals surface area contributed by atoms with E-state index >= 15 is 0 Å². The molecule has 5 heterocycles. The van der Waals surface area contributed by atoms with Gasteiger partial charge in [0.25, 0.3) is 5.91 Å². The molecule has 1 amide bonds. The number of allylic oxidation sites excluding steroid dienone is 1. The maximum Gasteiger partial charge on any atom is 0.254 e. The number of nitrogens with zero attached hydrogens (tertiary/aromatic N) is 9. The van der Waals surface area contributed by atoms with E-state index < -0.39 is 5.54 Å². The van der Waals surface area contributed by atoms with Crippen molar-refractivity contribution in [3.05, 3.63) is 138 Å². The van der Waals surface area contributed by atoms with E-state index in [0.29, 0.717) is 48.8 Å². The van der Waals surface area contributed by atoms with Gasteiger partial charge in [0.2, 0.25) is 5.95 Å². The first kappa shape index (κ1) is 29.2. The normalized spacial score (nSPS) is 21.5. The summed E-state index contributed by atoms with van der Waals surface area (Å²) in [5.74, 6) is 1.16. The van der Waals surface area contributed by atoms with Gasteiger partial charge in [-0.25, -0.2) is 0 Å². The summed E-state index contributed by atoms with van der Waals surface area (Å²) in [4.78, 5) is 40.9. The number of aromatic nitrogens is 6. The first-order valence-corrected chi connectivity index (χ1v) is 15.8. The summed E-state index contributed by atoms with van der Waals surface area (Å²) in [6.07, 6.45) is 9.22. The zero-order chi connectivity index (χ0) is 32.7. The molecular weight excluding hydrogens is 604 g/mol. The molecule has 236 valence electrons. The summed E-state index contributed by atoms with van der Waals surface area (Å²) in [7, 11) is 0. The van der Waals surface area contributed by atoms with E-state index in [0.717, 1.165) is 16.8 Å². The Bertz CT molecular complexity index is 1990. The van der Waals surface area contributed by atoms with Crippen LogP contribution in [0.15, 0.2) is 116 Å². The molecule has 5 aromatic rings. The number of fused-ring (bicyclic) bond motifs is 1. The van der Waals surface area contributed by atoms with E-state index in [1.807, 2.05) is 59.5 Å². The van der Waals surface area contributed by atoms with Crippen LogP contribution < -0.4 is 10.2 Å².